The number of nitrogens with one attached hydrogen (secondary N) is 1. The molecule has 1 aromatic carbocycles. The van der Waals surface area contributed by atoms with Crippen molar-refractivity contribution in [2.24, 2.45) is 11.8 Å². The van der Waals surface area contributed by atoms with Gasteiger partial charge >= 0.3 is 0 Å². The van der Waals surface area contributed by atoms with Gasteiger partial charge in [0.25, 0.3) is 0 Å². The quantitative estimate of drug-likeness (QED) is 0.671. The zero-order valence-corrected chi connectivity index (χ0v) is 13.9. The lowest BCUT2D eigenvalue weighted by molar-refractivity contribution is 0.300. The van der Waals surface area contributed by atoms with Gasteiger partial charge in [-0.3, -0.25) is 0 Å². The molecule has 1 aliphatic carbocycles. The van der Waals surface area contributed by atoms with Crippen molar-refractivity contribution in [3.8, 4) is 0 Å². The fraction of sp³-hybridized carbons (Fsp3) is 0.571. The van der Waals surface area contributed by atoms with Crippen LogP contribution in [0.3, 0.4) is 0 Å². The van der Waals surface area contributed by atoms with Crippen LogP contribution >= 0.6 is 38.5 Å². The normalized spacial score (nSPS) is 24.6. The molecule has 1 fully saturated rings. The minimum atomic E-state index is 0.865. The highest BCUT2D eigenvalue weighted by Crippen LogP contribution is 2.29. The summed E-state index contributed by atoms with van der Waals surface area (Å²) in [7, 11) is 0. The van der Waals surface area contributed by atoms with Crippen LogP contribution < -0.4 is 5.32 Å². The highest BCUT2D eigenvalue weighted by atomic mass is 127. The average Bonchev–Trinajstić information content (AvgIpc) is 2.33. The second-order valence-corrected chi connectivity index (χ2v) is 7.15. The van der Waals surface area contributed by atoms with E-state index in [1.807, 2.05) is 0 Å². The van der Waals surface area contributed by atoms with Crippen molar-refractivity contribution >= 4 is 44.2 Å². The van der Waals surface area contributed by atoms with Crippen molar-refractivity contribution in [3.63, 3.8) is 0 Å². The molecule has 2 rings (SSSR count). The highest BCUT2D eigenvalue weighted by Gasteiger charge is 2.17. The van der Waals surface area contributed by atoms with Crippen molar-refractivity contribution in [2.45, 2.75) is 32.6 Å². The number of anilines is 1. The first-order valence-corrected chi connectivity index (χ1v) is 8.21. The van der Waals surface area contributed by atoms with Gasteiger partial charge in [-0.15, -0.1) is 0 Å². The van der Waals surface area contributed by atoms with E-state index in [4.69, 9.17) is 0 Å². The maximum Gasteiger partial charge on any atom is 0.0352 e. The zero-order valence-electron chi connectivity index (χ0n) is 10.2. The Balaban J connectivity index is 1.83. The molecule has 0 amide bonds. The number of hydrogen-bond acceptors (Lipinski definition) is 1. The molecule has 94 valence electrons. The predicted octanol–water partition coefficient (Wildman–Crippen LogP) is 5.29. The van der Waals surface area contributed by atoms with Gasteiger partial charge in [0.15, 0.2) is 0 Å². The zero-order chi connectivity index (χ0) is 12.3. The maximum atomic E-state index is 3.57. The first-order valence-electron chi connectivity index (χ1n) is 6.34. The molecule has 0 spiro atoms. The predicted molar refractivity (Wildman–Crippen MR) is 86.5 cm³/mol. The summed E-state index contributed by atoms with van der Waals surface area (Å²) in [6, 6.07) is 6.49. The van der Waals surface area contributed by atoms with Crippen molar-refractivity contribution in [3.05, 3.63) is 26.2 Å². The summed E-state index contributed by atoms with van der Waals surface area (Å²) in [5.74, 6) is 1.81. The Morgan fingerprint density at radius 2 is 2.00 bits per heavy atom. The largest absolute Gasteiger partial charge is 0.385 e. The minimum absolute atomic E-state index is 0.865. The molecule has 1 aromatic rings. The summed E-state index contributed by atoms with van der Waals surface area (Å²) in [5, 5.41) is 3.56. The van der Waals surface area contributed by atoms with Gasteiger partial charge in [-0.1, -0.05) is 19.8 Å². The van der Waals surface area contributed by atoms with E-state index in [1.165, 1.54) is 39.4 Å². The van der Waals surface area contributed by atoms with E-state index in [1.54, 1.807) is 0 Å². The molecule has 1 nitrogen and oxygen atoms in total. The molecule has 0 bridgehead atoms. The first kappa shape index (κ1) is 13.7. The molecule has 1 aliphatic rings. The molecular weight excluding hydrogens is 389 g/mol. The monoisotopic (exact) mass is 407 g/mol. The highest BCUT2D eigenvalue weighted by molar-refractivity contribution is 14.1. The van der Waals surface area contributed by atoms with E-state index in [-0.39, 0.29) is 0 Å². The van der Waals surface area contributed by atoms with Crippen LogP contribution in [0.4, 0.5) is 5.69 Å². The topological polar surface area (TPSA) is 12.0 Å². The molecule has 0 radical (unpaired) electrons. The molecule has 0 saturated heterocycles. The van der Waals surface area contributed by atoms with Gasteiger partial charge in [-0.05, 0) is 81.4 Å². The molecule has 1 N–H and O–H groups in total. The van der Waals surface area contributed by atoms with E-state index in [0.717, 1.165) is 18.4 Å². The third kappa shape index (κ3) is 4.12. The Morgan fingerprint density at radius 3 is 2.65 bits per heavy atom. The summed E-state index contributed by atoms with van der Waals surface area (Å²) >= 11 is 5.91. The Hall–Kier alpha value is 0.230. The van der Waals surface area contributed by atoms with Gasteiger partial charge in [-0.2, -0.15) is 0 Å². The first-order chi connectivity index (χ1) is 8.15. The molecule has 0 atom stereocenters. The van der Waals surface area contributed by atoms with Crippen molar-refractivity contribution in [2.75, 3.05) is 11.9 Å². The van der Waals surface area contributed by atoms with E-state index >= 15 is 0 Å². The van der Waals surface area contributed by atoms with Crippen molar-refractivity contribution in [1.82, 2.24) is 0 Å². The number of benzene rings is 1. The summed E-state index contributed by atoms with van der Waals surface area (Å²) in [5.41, 5.74) is 1.23. The second-order valence-electron chi connectivity index (χ2n) is 5.14. The van der Waals surface area contributed by atoms with Crippen LogP contribution in [-0.2, 0) is 0 Å². The number of halogens is 2. The Morgan fingerprint density at radius 1 is 1.29 bits per heavy atom. The van der Waals surface area contributed by atoms with Gasteiger partial charge in [0.05, 0.1) is 0 Å². The molecule has 3 heteroatoms. The molecule has 0 aliphatic heterocycles. The van der Waals surface area contributed by atoms with Crippen LogP contribution in [0.5, 0.6) is 0 Å². The summed E-state index contributed by atoms with van der Waals surface area (Å²) in [6.07, 6.45) is 5.59. The van der Waals surface area contributed by atoms with Crippen molar-refractivity contribution < 1.29 is 0 Å². The second kappa shape index (κ2) is 6.41. The Kier molecular flexibility index (Phi) is 5.15. The molecule has 1 saturated carbocycles. The van der Waals surface area contributed by atoms with E-state index < -0.39 is 0 Å². The average molecular weight is 408 g/mol. The van der Waals surface area contributed by atoms with Crippen LogP contribution in [0, 0.1) is 15.4 Å². The van der Waals surface area contributed by atoms with Crippen LogP contribution in [0.15, 0.2) is 22.7 Å². The van der Waals surface area contributed by atoms with Gasteiger partial charge in [0, 0.05) is 20.3 Å². The number of hydrogen-bond donors (Lipinski definition) is 1. The van der Waals surface area contributed by atoms with E-state index in [9.17, 15) is 0 Å². The molecule has 0 aromatic heterocycles. The molecular formula is C14H19BrIN. The van der Waals surface area contributed by atoms with E-state index in [2.05, 4.69) is 69.0 Å². The Labute approximate surface area is 126 Å². The smallest absolute Gasteiger partial charge is 0.0352 e. The SMILES string of the molecule is CC1CCC(CNc2ccc(I)c(Br)c2)CC1. The van der Waals surface area contributed by atoms with Gasteiger partial charge in [0.1, 0.15) is 0 Å². The third-order valence-electron chi connectivity index (χ3n) is 3.65. The van der Waals surface area contributed by atoms with Crippen LogP contribution in [-0.4, -0.2) is 6.54 Å². The van der Waals surface area contributed by atoms with Gasteiger partial charge < -0.3 is 5.32 Å². The lowest BCUT2D eigenvalue weighted by atomic mass is 9.83. The summed E-state index contributed by atoms with van der Waals surface area (Å²) < 4.78 is 2.44. The lowest BCUT2D eigenvalue weighted by Gasteiger charge is -2.26. The maximum absolute atomic E-state index is 3.57. The Bertz CT molecular complexity index is 372. The third-order valence-corrected chi connectivity index (χ3v) is 5.99. The molecule has 0 unspecified atom stereocenters. The molecule has 17 heavy (non-hydrogen) atoms. The lowest BCUT2D eigenvalue weighted by Crippen LogP contribution is -2.20. The fourth-order valence-electron chi connectivity index (χ4n) is 2.40. The van der Waals surface area contributed by atoms with Crippen LogP contribution in [0.1, 0.15) is 32.6 Å². The van der Waals surface area contributed by atoms with Crippen LogP contribution in [0.2, 0.25) is 0 Å². The fourth-order valence-corrected chi connectivity index (χ4v) is 3.12. The van der Waals surface area contributed by atoms with Gasteiger partial charge in [-0.25, -0.2) is 0 Å². The summed E-state index contributed by atoms with van der Waals surface area (Å²) in [6.45, 7) is 3.50. The van der Waals surface area contributed by atoms with E-state index in [0.29, 0.717) is 0 Å². The molecule has 0 heterocycles. The van der Waals surface area contributed by atoms with Crippen LogP contribution in [0.25, 0.3) is 0 Å². The van der Waals surface area contributed by atoms with Gasteiger partial charge in [0.2, 0.25) is 0 Å². The van der Waals surface area contributed by atoms with Crippen molar-refractivity contribution in [1.29, 1.82) is 0 Å². The number of rotatable bonds is 3. The minimum Gasteiger partial charge on any atom is -0.385 e. The standard InChI is InChI=1S/C14H19BrIN/c1-10-2-4-11(5-3-10)9-17-12-6-7-14(16)13(15)8-12/h6-8,10-11,17H,2-5,9H2,1H3. The summed E-state index contributed by atoms with van der Waals surface area (Å²) in [4.78, 5) is 0.